The fourth-order valence-corrected chi connectivity index (χ4v) is 8.55. The molecule has 15 heteroatoms. The number of phenolic OH excluding ortho intramolecular Hbond substituents is 1. The molecule has 0 radical (unpaired) electrons. The molecule has 0 aliphatic carbocycles. The molecule has 6 heterocycles. The summed E-state index contributed by atoms with van der Waals surface area (Å²) in [4.78, 5) is 32.2. The lowest BCUT2D eigenvalue weighted by Gasteiger charge is -2.33. The van der Waals surface area contributed by atoms with Crippen LogP contribution in [-0.4, -0.2) is 103 Å². The van der Waals surface area contributed by atoms with E-state index in [0.29, 0.717) is 24.8 Å². The van der Waals surface area contributed by atoms with Crippen molar-refractivity contribution >= 4 is 39.5 Å². The van der Waals surface area contributed by atoms with Crippen LogP contribution in [0.2, 0.25) is 0 Å². The number of aromatic nitrogens is 5. The number of anilines is 1. The summed E-state index contributed by atoms with van der Waals surface area (Å²) in [7, 11) is 1.73. The number of halogens is 4. The van der Waals surface area contributed by atoms with Crippen LogP contribution < -0.4 is 9.64 Å². The number of likely N-dealkylation sites (tertiary alicyclic amines) is 1. The second kappa shape index (κ2) is 14.1. The molecule has 8 rings (SSSR count). The Bertz CT molecular complexity index is 2410. The van der Waals surface area contributed by atoms with E-state index in [4.69, 9.17) is 16.1 Å². The van der Waals surface area contributed by atoms with Crippen molar-refractivity contribution in [3.63, 3.8) is 0 Å². The van der Waals surface area contributed by atoms with Crippen LogP contribution in [0.15, 0.2) is 54.6 Å². The first kappa shape index (κ1) is 36.1. The van der Waals surface area contributed by atoms with Crippen LogP contribution in [0.3, 0.4) is 0 Å². The van der Waals surface area contributed by atoms with Gasteiger partial charge in [-0.15, -0.1) is 6.42 Å². The van der Waals surface area contributed by atoms with Gasteiger partial charge in [0.2, 0.25) is 0 Å². The van der Waals surface area contributed by atoms with Gasteiger partial charge in [-0.25, -0.2) is 17.6 Å². The molecule has 4 atom stereocenters. The number of likely N-dealkylation sites (N-methyl/N-ethyl adjacent to an activating group) is 1. The molecule has 0 unspecified atom stereocenters. The highest BCUT2D eigenvalue weighted by atomic mass is 19.1. The van der Waals surface area contributed by atoms with Gasteiger partial charge in [0.25, 0.3) is 5.91 Å². The standard InChI is InChI=1S/C40H36F4N8O3/c1-4-27-30(42)9-8-23-15-26(53)17-28(33(23)27)35-34(44)36-29(19-45-35)37(48-39(47-36)55-21-40-11-6-13-51(40)20-24(41)18-40)50(3)32-10-14-52(22(32)2)38(54)31(43)16-25-7-5-12-46-49-25/h1,5,7-9,12,15-17,19,22,24,32,53H,6,10-11,13-14,18,20-21H2,2-3H3/b31-16-/t22-,24+,32-,40-/m0/s1. The van der Waals surface area contributed by atoms with Crippen molar-refractivity contribution in [1.29, 1.82) is 0 Å². The highest BCUT2D eigenvalue weighted by Gasteiger charge is 2.49. The molecule has 0 saturated carbocycles. The molecule has 3 aliphatic heterocycles. The van der Waals surface area contributed by atoms with E-state index in [-0.39, 0.29) is 69.5 Å². The summed E-state index contributed by atoms with van der Waals surface area (Å²) in [5.41, 5.74) is -0.858. The van der Waals surface area contributed by atoms with Crippen LogP contribution >= 0.6 is 0 Å². The minimum atomic E-state index is -1.00. The van der Waals surface area contributed by atoms with E-state index in [1.807, 2.05) is 0 Å². The summed E-state index contributed by atoms with van der Waals surface area (Å²) < 4.78 is 68.0. The van der Waals surface area contributed by atoms with Crippen molar-refractivity contribution in [2.75, 3.05) is 38.2 Å². The second-order valence-corrected chi connectivity index (χ2v) is 14.4. The third-order valence-corrected chi connectivity index (χ3v) is 11.2. The number of ether oxygens (including phenoxy) is 1. The largest absolute Gasteiger partial charge is 0.508 e. The second-order valence-electron chi connectivity index (χ2n) is 14.4. The number of hydrogen-bond donors (Lipinski definition) is 1. The molecular formula is C40H36F4N8O3. The molecule has 0 spiro atoms. The van der Waals surface area contributed by atoms with Gasteiger partial charge in [-0.2, -0.15) is 20.2 Å². The lowest BCUT2D eigenvalue weighted by molar-refractivity contribution is -0.129. The van der Waals surface area contributed by atoms with E-state index >= 15 is 8.78 Å². The average molecular weight is 753 g/mol. The number of alkyl halides is 1. The number of rotatable bonds is 8. The Morgan fingerprint density at radius 2 is 2.05 bits per heavy atom. The maximum atomic E-state index is 17.0. The van der Waals surface area contributed by atoms with Crippen molar-refractivity contribution in [3.05, 3.63) is 77.5 Å². The Morgan fingerprint density at radius 3 is 2.84 bits per heavy atom. The van der Waals surface area contributed by atoms with Crippen molar-refractivity contribution in [3.8, 4) is 35.4 Å². The lowest BCUT2D eigenvalue weighted by Crippen LogP contribution is -2.44. The van der Waals surface area contributed by atoms with Gasteiger partial charge in [-0.05, 0) is 68.4 Å². The van der Waals surface area contributed by atoms with Crippen molar-refractivity contribution in [2.24, 2.45) is 0 Å². The van der Waals surface area contributed by atoms with Crippen LogP contribution in [-0.2, 0) is 4.79 Å². The number of hydrogen-bond acceptors (Lipinski definition) is 10. The van der Waals surface area contributed by atoms with Crippen LogP contribution in [0.4, 0.5) is 23.4 Å². The Hall–Kier alpha value is -5.88. The number of amides is 1. The normalized spacial score (nSPS) is 22.7. The number of phenols is 1. The topological polar surface area (TPSA) is 121 Å². The quantitative estimate of drug-likeness (QED) is 0.115. The molecule has 282 valence electrons. The summed E-state index contributed by atoms with van der Waals surface area (Å²) >= 11 is 0. The zero-order valence-electron chi connectivity index (χ0n) is 30.0. The molecule has 0 bridgehead atoms. The number of nitrogens with zero attached hydrogens (tertiary/aromatic N) is 8. The molecule has 55 heavy (non-hydrogen) atoms. The molecule has 11 nitrogen and oxygen atoms in total. The third-order valence-electron chi connectivity index (χ3n) is 11.2. The Labute approximate surface area is 313 Å². The monoisotopic (exact) mass is 752 g/mol. The van der Waals surface area contributed by atoms with Crippen LogP contribution in [0, 0.1) is 24.0 Å². The van der Waals surface area contributed by atoms with Crippen molar-refractivity contribution < 1.29 is 32.2 Å². The zero-order valence-corrected chi connectivity index (χ0v) is 30.0. The van der Waals surface area contributed by atoms with E-state index in [1.165, 1.54) is 47.6 Å². The first-order valence-electron chi connectivity index (χ1n) is 18.0. The van der Waals surface area contributed by atoms with Crippen LogP contribution in [0.1, 0.15) is 43.9 Å². The lowest BCUT2D eigenvalue weighted by atomic mass is 9.95. The SMILES string of the molecule is C#Cc1c(F)ccc2cc(O)cc(-c3ncc4c(N(C)[C@H]5CCN(C(=O)/C(F)=C/c6cccnn6)[C@H]5C)nc(OC[C@@]56CCCN5C[C@H](F)C6)nc4c3F)c12. The minimum absolute atomic E-state index is 0.0494. The number of fused-ring (bicyclic) bond motifs is 3. The van der Waals surface area contributed by atoms with Crippen molar-refractivity contribution in [1.82, 2.24) is 34.9 Å². The summed E-state index contributed by atoms with van der Waals surface area (Å²) in [6.07, 6.45) is 10.9. The molecular weight excluding hydrogens is 716 g/mol. The highest BCUT2D eigenvalue weighted by molar-refractivity contribution is 6.03. The van der Waals surface area contributed by atoms with Crippen LogP contribution in [0.25, 0.3) is 39.0 Å². The van der Waals surface area contributed by atoms with Crippen LogP contribution in [0.5, 0.6) is 11.8 Å². The molecule has 1 N–H and O–H groups in total. The summed E-state index contributed by atoms with van der Waals surface area (Å²) in [5.74, 6) is -1.06. The Balaban J connectivity index is 1.20. The number of aromatic hydroxyl groups is 1. The fraction of sp³-hybridized carbons (Fsp3) is 0.350. The Morgan fingerprint density at radius 1 is 1.22 bits per heavy atom. The number of pyridine rings is 1. The average Bonchev–Trinajstić information content (AvgIpc) is 3.84. The fourth-order valence-electron chi connectivity index (χ4n) is 8.55. The number of terminal acetylenes is 1. The smallest absolute Gasteiger partial charge is 0.319 e. The molecule has 2 aromatic carbocycles. The third kappa shape index (κ3) is 6.33. The minimum Gasteiger partial charge on any atom is -0.508 e. The first-order chi connectivity index (χ1) is 26.5. The maximum absolute atomic E-state index is 17.0. The van der Waals surface area contributed by atoms with Gasteiger partial charge >= 0.3 is 6.01 Å². The Kier molecular flexibility index (Phi) is 9.24. The van der Waals surface area contributed by atoms with Gasteiger partial charge in [0.15, 0.2) is 11.6 Å². The zero-order chi connectivity index (χ0) is 38.6. The summed E-state index contributed by atoms with van der Waals surface area (Å²) in [5, 5.41) is 18.9. The van der Waals surface area contributed by atoms with Gasteiger partial charge in [0, 0.05) is 62.0 Å². The molecule has 3 aliphatic rings. The predicted molar refractivity (Wildman–Crippen MR) is 197 cm³/mol. The summed E-state index contributed by atoms with van der Waals surface area (Å²) in [6.45, 7) is 3.13. The number of carbonyl (C=O) groups excluding carboxylic acids is 1. The molecule has 5 aromatic rings. The van der Waals surface area contributed by atoms with E-state index < -0.39 is 47.2 Å². The molecule has 3 fully saturated rings. The van der Waals surface area contributed by atoms with Gasteiger partial charge in [-0.1, -0.05) is 12.0 Å². The number of benzene rings is 2. The van der Waals surface area contributed by atoms with Gasteiger partial charge in [0.1, 0.15) is 41.4 Å². The molecule has 1 amide bonds. The van der Waals surface area contributed by atoms with Crippen molar-refractivity contribution in [2.45, 2.75) is 56.4 Å². The van der Waals surface area contributed by atoms with Gasteiger partial charge in [-0.3, -0.25) is 14.7 Å². The predicted octanol–water partition coefficient (Wildman–Crippen LogP) is 5.99. The maximum Gasteiger partial charge on any atom is 0.319 e. The van der Waals surface area contributed by atoms with Gasteiger partial charge in [0.05, 0.1) is 28.2 Å². The van der Waals surface area contributed by atoms with Gasteiger partial charge < -0.3 is 19.6 Å². The van der Waals surface area contributed by atoms with E-state index in [0.717, 1.165) is 25.5 Å². The van der Waals surface area contributed by atoms with E-state index in [1.54, 1.807) is 24.9 Å². The van der Waals surface area contributed by atoms with E-state index in [9.17, 15) is 18.7 Å². The number of carbonyl (C=O) groups is 1. The molecule has 3 saturated heterocycles. The first-order valence-corrected chi connectivity index (χ1v) is 18.0. The van der Waals surface area contributed by atoms with E-state index in [2.05, 4.69) is 31.0 Å². The molecule has 3 aromatic heterocycles. The highest BCUT2D eigenvalue weighted by Crippen LogP contribution is 2.42. The summed E-state index contributed by atoms with van der Waals surface area (Å²) in [6, 6.07) is 7.27.